The second-order valence-corrected chi connectivity index (χ2v) is 5.24. The fourth-order valence-electron chi connectivity index (χ4n) is 2.23. The van der Waals surface area contributed by atoms with E-state index in [1.165, 1.54) is 5.56 Å². The normalized spacial score (nSPS) is 11.4. The molecule has 0 fully saturated rings. The molecule has 3 N–H and O–H groups in total. The van der Waals surface area contributed by atoms with Crippen molar-refractivity contribution < 1.29 is 0 Å². The molecule has 5 heteroatoms. The van der Waals surface area contributed by atoms with Crippen LogP contribution in [0.2, 0.25) is 0 Å². The summed E-state index contributed by atoms with van der Waals surface area (Å²) in [5, 5.41) is 3.07. The van der Waals surface area contributed by atoms with Gasteiger partial charge in [0.2, 0.25) is 0 Å². The number of aliphatic imine (C=N–C) groups is 1. The molecule has 0 atom stereocenters. The zero-order chi connectivity index (χ0) is 15.9. The minimum atomic E-state index is 0.415. The largest absolute Gasteiger partial charge is 0.370 e. The lowest BCUT2D eigenvalue weighted by atomic mass is 10.1. The molecule has 0 bridgehead atoms. The highest BCUT2D eigenvalue weighted by Crippen LogP contribution is 2.08. The number of anilines is 1. The highest BCUT2D eigenvalue weighted by Gasteiger charge is 1.97. The number of para-hydroxylation sites is 1. The summed E-state index contributed by atoms with van der Waals surface area (Å²) >= 11 is 0. The maximum Gasteiger partial charge on any atom is 0.193 e. The molecule has 116 valence electrons. The topological polar surface area (TPSA) is 68.2 Å². The molecular formula is C18H19N5. The van der Waals surface area contributed by atoms with Crippen LogP contribution in [-0.2, 0) is 13.1 Å². The Morgan fingerprint density at radius 3 is 2.48 bits per heavy atom. The lowest BCUT2D eigenvalue weighted by Crippen LogP contribution is -2.22. The van der Waals surface area contributed by atoms with Crippen LogP contribution in [0.4, 0.5) is 5.69 Å². The van der Waals surface area contributed by atoms with Crippen LogP contribution in [-0.4, -0.2) is 15.5 Å². The summed E-state index contributed by atoms with van der Waals surface area (Å²) in [6.07, 6.45) is 5.55. The zero-order valence-electron chi connectivity index (χ0n) is 12.8. The summed E-state index contributed by atoms with van der Waals surface area (Å²) in [6, 6.07) is 18.1. The van der Waals surface area contributed by atoms with Crippen molar-refractivity contribution in [2.45, 2.75) is 13.1 Å². The molecule has 5 nitrogen and oxygen atoms in total. The summed E-state index contributed by atoms with van der Waals surface area (Å²) in [5.41, 5.74) is 9.19. The van der Waals surface area contributed by atoms with Crippen molar-refractivity contribution in [3.05, 3.63) is 84.4 Å². The smallest absolute Gasteiger partial charge is 0.193 e. The van der Waals surface area contributed by atoms with Gasteiger partial charge in [0.1, 0.15) is 0 Å². The van der Waals surface area contributed by atoms with Gasteiger partial charge in [-0.25, -0.2) is 9.98 Å². The Hall–Kier alpha value is -3.08. The van der Waals surface area contributed by atoms with E-state index >= 15 is 0 Å². The van der Waals surface area contributed by atoms with Crippen LogP contribution in [0.25, 0.3) is 0 Å². The minimum absolute atomic E-state index is 0.415. The molecule has 0 aliphatic heterocycles. The average molecular weight is 305 g/mol. The number of hydrogen-bond donors (Lipinski definition) is 2. The van der Waals surface area contributed by atoms with Gasteiger partial charge < -0.3 is 15.6 Å². The Balaban J connectivity index is 1.56. The number of aromatic nitrogens is 2. The fourth-order valence-corrected chi connectivity index (χ4v) is 2.23. The van der Waals surface area contributed by atoms with Crippen molar-refractivity contribution in [3.8, 4) is 0 Å². The number of guanidine groups is 1. The molecule has 1 aromatic heterocycles. The van der Waals surface area contributed by atoms with E-state index in [1.54, 1.807) is 6.20 Å². The second-order valence-electron chi connectivity index (χ2n) is 5.24. The first-order chi connectivity index (χ1) is 11.3. The van der Waals surface area contributed by atoms with E-state index in [2.05, 4.69) is 39.6 Å². The summed E-state index contributed by atoms with van der Waals surface area (Å²) < 4.78 is 2.04. The molecule has 3 rings (SSSR count). The Kier molecular flexibility index (Phi) is 4.69. The number of imidazole rings is 1. The Morgan fingerprint density at radius 2 is 1.78 bits per heavy atom. The molecule has 0 aliphatic rings. The van der Waals surface area contributed by atoms with Crippen LogP contribution in [0.15, 0.2) is 78.3 Å². The predicted octanol–water partition coefficient (Wildman–Crippen LogP) is 2.86. The van der Waals surface area contributed by atoms with E-state index in [9.17, 15) is 0 Å². The number of rotatable bonds is 5. The van der Waals surface area contributed by atoms with E-state index < -0.39 is 0 Å². The Bertz CT molecular complexity index is 746. The number of benzene rings is 2. The van der Waals surface area contributed by atoms with Gasteiger partial charge >= 0.3 is 0 Å². The minimum Gasteiger partial charge on any atom is -0.370 e. The van der Waals surface area contributed by atoms with Gasteiger partial charge in [-0.2, -0.15) is 0 Å². The van der Waals surface area contributed by atoms with Crippen LogP contribution in [0.1, 0.15) is 11.1 Å². The van der Waals surface area contributed by atoms with Crippen LogP contribution in [0, 0.1) is 0 Å². The molecule has 0 saturated carbocycles. The van der Waals surface area contributed by atoms with Gasteiger partial charge in [0.25, 0.3) is 0 Å². The molecule has 3 aromatic rings. The molecule has 23 heavy (non-hydrogen) atoms. The first-order valence-corrected chi connectivity index (χ1v) is 7.45. The first-order valence-electron chi connectivity index (χ1n) is 7.45. The quantitative estimate of drug-likeness (QED) is 0.562. The Labute approximate surface area is 135 Å². The standard InChI is InChI=1S/C18H19N5/c19-18(22-17-4-2-1-3-5-17)21-12-15-6-8-16(9-7-15)13-23-11-10-20-14-23/h1-11,14H,12-13H2,(H3,19,21,22). The van der Waals surface area contributed by atoms with E-state index in [-0.39, 0.29) is 0 Å². The maximum absolute atomic E-state index is 5.90. The SMILES string of the molecule is NC(=NCc1ccc(Cn2ccnc2)cc1)Nc1ccccc1. The third kappa shape index (κ3) is 4.44. The summed E-state index contributed by atoms with van der Waals surface area (Å²) in [4.78, 5) is 8.41. The molecule has 2 aromatic carbocycles. The predicted molar refractivity (Wildman–Crippen MR) is 93.2 cm³/mol. The van der Waals surface area contributed by atoms with E-state index in [4.69, 9.17) is 5.73 Å². The third-order valence-corrected chi connectivity index (χ3v) is 3.43. The highest BCUT2D eigenvalue weighted by molar-refractivity contribution is 5.92. The lowest BCUT2D eigenvalue weighted by molar-refractivity contribution is 0.796. The van der Waals surface area contributed by atoms with Crippen LogP contribution < -0.4 is 11.1 Å². The molecule has 0 spiro atoms. The average Bonchev–Trinajstić information content (AvgIpc) is 3.08. The lowest BCUT2D eigenvalue weighted by Gasteiger charge is -2.06. The van der Waals surface area contributed by atoms with Gasteiger partial charge in [0.05, 0.1) is 12.9 Å². The molecule has 1 heterocycles. The summed E-state index contributed by atoms with van der Waals surface area (Å²) in [5.74, 6) is 0.415. The van der Waals surface area contributed by atoms with Gasteiger partial charge in [-0.3, -0.25) is 0 Å². The van der Waals surface area contributed by atoms with Crippen LogP contribution in [0.3, 0.4) is 0 Å². The van der Waals surface area contributed by atoms with Crippen molar-refractivity contribution in [3.63, 3.8) is 0 Å². The van der Waals surface area contributed by atoms with Crippen molar-refractivity contribution in [2.75, 3.05) is 5.32 Å². The number of nitrogens with one attached hydrogen (secondary N) is 1. The maximum atomic E-state index is 5.90. The van der Waals surface area contributed by atoms with E-state index in [0.717, 1.165) is 17.8 Å². The second kappa shape index (κ2) is 7.26. The van der Waals surface area contributed by atoms with Crippen molar-refractivity contribution in [1.82, 2.24) is 9.55 Å². The van der Waals surface area contributed by atoms with Gasteiger partial charge in [-0.05, 0) is 23.3 Å². The molecule has 0 saturated heterocycles. The monoisotopic (exact) mass is 305 g/mol. The highest BCUT2D eigenvalue weighted by atomic mass is 15.1. The molecule has 0 radical (unpaired) electrons. The molecule has 0 unspecified atom stereocenters. The first kappa shape index (κ1) is 14.8. The third-order valence-electron chi connectivity index (χ3n) is 3.43. The van der Waals surface area contributed by atoms with Crippen molar-refractivity contribution >= 4 is 11.6 Å². The summed E-state index contributed by atoms with van der Waals surface area (Å²) in [6.45, 7) is 1.37. The van der Waals surface area contributed by atoms with Gasteiger partial charge in [-0.15, -0.1) is 0 Å². The Morgan fingerprint density at radius 1 is 1.04 bits per heavy atom. The zero-order valence-corrected chi connectivity index (χ0v) is 12.8. The molecule has 0 amide bonds. The van der Waals surface area contributed by atoms with Gasteiger partial charge in [0.15, 0.2) is 5.96 Å². The van der Waals surface area contributed by atoms with E-state index in [1.807, 2.05) is 47.4 Å². The molecule has 0 aliphatic carbocycles. The fraction of sp³-hybridized carbons (Fsp3) is 0.111. The van der Waals surface area contributed by atoms with Crippen LogP contribution in [0.5, 0.6) is 0 Å². The number of nitrogens with zero attached hydrogens (tertiary/aromatic N) is 3. The summed E-state index contributed by atoms with van der Waals surface area (Å²) in [7, 11) is 0. The van der Waals surface area contributed by atoms with Gasteiger partial charge in [-0.1, -0.05) is 42.5 Å². The van der Waals surface area contributed by atoms with Gasteiger partial charge in [0, 0.05) is 24.6 Å². The van der Waals surface area contributed by atoms with Crippen molar-refractivity contribution in [2.24, 2.45) is 10.7 Å². The molecular weight excluding hydrogens is 286 g/mol. The van der Waals surface area contributed by atoms with Crippen molar-refractivity contribution in [1.29, 1.82) is 0 Å². The van der Waals surface area contributed by atoms with E-state index in [0.29, 0.717) is 12.5 Å². The number of nitrogens with two attached hydrogens (primary N) is 1. The van der Waals surface area contributed by atoms with Crippen LogP contribution >= 0.6 is 0 Å². The number of hydrogen-bond acceptors (Lipinski definition) is 2.